The molecular formula is C18H26FIN6S. The first kappa shape index (κ1) is 21.8. The van der Waals surface area contributed by atoms with Crippen LogP contribution < -0.4 is 15.5 Å². The topological polar surface area (TPSA) is 65.4 Å². The molecular weight excluding hydrogens is 478 g/mol. The number of aromatic nitrogens is 2. The predicted molar refractivity (Wildman–Crippen MR) is 120 cm³/mol. The maximum Gasteiger partial charge on any atom is 0.191 e. The Hall–Kier alpha value is -1.49. The third kappa shape index (κ3) is 5.74. The fourth-order valence-corrected chi connectivity index (χ4v) is 3.81. The molecule has 0 amide bonds. The van der Waals surface area contributed by atoms with E-state index in [-0.39, 0.29) is 35.8 Å². The second-order valence-electron chi connectivity index (χ2n) is 6.33. The summed E-state index contributed by atoms with van der Waals surface area (Å²) in [6.07, 6.45) is 2.54. The van der Waals surface area contributed by atoms with E-state index in [1.165, 1.54) is 10.9 Å². The Morgan fingerprint density at radius 1 is 1.44 bits per heavy atom. The first-order valence-corrected chi connectivity index (χ1v) is 9.71. The van der Waals surface area contributed by atoms with Crippen LogP contribution in [0.15, 0.2) is 23.3 Å². The van der Waals surface area contributed by atoms with E-state index in [0.29, 0.717) is 18.9 Å². The first-order valence-electron chi connectivity index (χ1n) is 8.90. The zero-order chi connectivity index (χ0) is 18.5. The Kier molecular flexibility index (Phi) is 8.21. The summed E-state index contributed by atoms with van der Waals surface area (Å²) < 4.78 is 13.9. The Morgan fingerprint density at radius 2 is 2.26 bits per heavy atom. The summed E-state index contributed by atoms with van der Waals surface area (Å²) in [5.41, 5.74) is 1.07. The summed E-state index contributed by atoms with van der Waals surface area (Å²) in [4.78, 5) is 16.6. The molecule has 148 valence electrons. The summed E-state index contributed by atoms with van der Waals surface area (Å²) in [6.45, 7) is 8.95. The van der Waals surface area contributed by atoms with E-state index in [0.717, 1.165) is 36.2 Å². The molecule has 0 aromatic carbocycles. The van der Waals surface area contributed by atoms with Crippen LogP contribution in [0, 0.1) is 19.7 Å². The first-order chi connectivity index (χ1) is 12.6. The third-order valence-electron chi connectivity index (χ3n) is 4.36. The van der Waals surface area contributed by atoms with Crippen LogP contribution in [-0.4, -0.2) is 41.6 Å². The van der Waals surface area contributed by atoms with Crippen molar-refractivity contribution in [2.24, 2.45) is 4.99 Å². The van der Waals surface area contributed by atoms with Crippen molar-refractivity contribution in [3.63, 3.8) is 0 Å². The highest BCUT2D eigenvalue weighted by atomic mass is 127. The summed E-state index contributed by atoms with van der Waals surface area (Å²) in [6, 6.07) is 3.27. The molecule has 2 aromatic heterocycles. The van der Waals surface area contributed by atoms with Gasteiger partial charge in [-0.15, -0.1) is 35.3 Å². The lowest BCUT2D eigenvalue weighted by molar-refractivity contribution is 0.612. The van der Waals surface area contributed by atoms with Gasteiger partial charge < -0.3 is 15.5 Å². The van der Waals surface area contributed by atoms with Crippen LogP contribution in [0.1, 0.15) is 28.9 Å². The smallest absolute Gasteiger partial charge is 0.191 e. The van der Waals surface area contributed by atoms with Gasteiger partial charge in [0.15, 0.2) is 17.6 Å². The Labute approximate surface area is 180 Å². The Balaban J connectivity index is 0.00000261. The van der Waals surface area contributed by atoms with Gasteiger partial charge in [-0.05, 0) is 39.3 Å². The minimum atomic E-state index is -0.275. The third-order valence-corrected chi connectivity index (χ3v) is 5.41. The molecule has 9 heteroatoms. The molecule has 3 heterocycles. The van der Waals surface area contributed by atoms with Crippen molar-refractivity contribution in [2.45, 2.75) is 39.8 Å². The van der Waals surface area contributed by atoms with Crippen LogP contribution in [0.4, 0.5) is 10.2 Å². The van der Waals surface area contributed by atoms with Crippen molar-refractivity contribution in [3.8, 4) is 0 Å². The quantitative estimate of drug-likeness (QED) is 0.372. The second-order valence-corrected chi connectivity index (χ2v) is 7.62. The largest absolute Gasteiger partial charge is 0.357 e. The van der Waals surface area contributed by atoms with Crippen LogP contribution in [-0.2, 0) is 6.54 Å². The Morgan fingerprint density at radius 3 is 2.93 bits per heavy atom. The van der Waals surface area contributed by atoms with E-state index < -0.39 is 0 Å². The number of aliphatic imine (C=N–C) groups is 1. The van der Waals surface area contributed by atoms with Crippen molar-refractivity contribution in [1.29, 1.82) is 0 Å². The number of nitrogens with one attached hydrogen (secondary N) is 2. The van der Waals surface area contributed by atoms with Crippen molar-refractivity contribution in [3.05, 3.63) is 39.7 Å². The minimum Gasteiger partial charge on any atom is -0.357 e. The van der Waals surface area contributed by atoms with E-state index in [9.17, 15) is 4.39 Å². The maximum atomic E-state index is 13.9. The van der Waals surface area contributed by atoms with Gasteiger partial charge in [0, 0.05) is 36.8 Å². The monoisotopic (exact) mass is 504 g/mol. The van der Waals surface area contributed by atoms with Crippen molar-refractivity contribution in [1.82, 2.24) is 20.6 Å². The van der Waals surface area contributed by atoms with Gasteiger partial charge in [0.2, 0.25) is 0 Å². The minimum absolute atomic E-state index is 0. The van der Waals surface area contributed by atoms with Crippen LogP contribution in [0.25, 0.3) is 0 Å². The average molecular weight is 504 g/mol. The highest BCUT2D eigenvalue weighted by molar-refractivity contribution is 14.0. The molecule has 0 saturated carbocycles. The molecule has 0 bridgehead atoms. The number of rotatable bonds is 5. The SMILES string of the molecule is CCNC(=NCc1nc(C)c(C)s1)NC1CCN(c2ncccc2F)C1.I. The number of aryl methyl sites for hydroxylation is 2. The highest BCUT2D eigenvalue weighted by Gasteiger charge is 2.25. The lowest BCUT2D eigenvalue weighted by Gasteiger charge is -2.19. The summed E-state index contributed by atoms with van der Waals surface area (Å²) in [5.74, 6) is 0.919. The molecule has 6 nitrogen and oxygen atoms in total. The number of hydrogen-bond acceptors (Lipinski definition) is 5. The lowest BCUT2D eigenvalue weighted by atomic mass is 10.3. The van der Waals surface area contributed by atoms with Crippen LogP contribution in [0.5, 0.6) is 0 Å². The standard InChI is InChI=1S/C18H25FN6S.HI/c1-4-20-18(22-10-16-23-12(2)13(3)26-16)24-14-7-9-25(11-14)17-15(19)6-5-8-21-17;/h5-6,8,14H,4,7,9-11H2,1-3H3,(H2,20,22,24);1H. The molecule has 2 aromatic rings. The number of thiazole rings is 1. The molecule has 27 heavy (non-hydrogen) atoms. The molecule has 1 unspecified atom stereocenters. The van der Waals surface area contributed by atoms with Crippen molar-refractivity contribution in [2.75, 3.05) is 24.5 Å². The molecule has 0 aliphatic carbocycles. The average Bonchev–Trinajstić information content (AvgIpc) is 3.20. The van der Waals surface area contributed by atoms with E-state index in [4.69, 9.17) is 0 Å². The molecule has 1 aliphatic rings. The number of guanidine groups is 1. The lowest BCUT2D eigenvalue weighted by Crippen LogP contribution is -2.44. The van der Waals surface area contributed by atoms with E-state index in [1.54, 1.807) is 23.6 Å². The molecule has 1 atom stereocenters. The van der Waals surface area contributed by atoms with E-state index in [2.05, 4.69) is 32.5 Å². The zero-order valence-corrected chi connectivity index (χ0v) is 19.0. The second kappa shape index (κ2) is 10.2. The van der Waals surface area contributed by atoms with Gasteiger partial charge in [0.25, 0.3) is 0 Å². The molecule has 1 aliphatic heterocycles. The molecule has 2 N–H and O–H groups in total. The molecule has 3 rings (SSSR count). The van der Waals surface area contributed by atoms with Gasteiger partial charge in [-0.1, -0.05) is 0 Å². The van der Waals surface area contributed by atoms with Gasteiger partial charge in [0.1, 0.15) is 5.01 Å². The zero-order valence-electron chi connectivity index (χ0n) is 15.8. The number of anilines is 1. The van der Waals surface area contributed by atoms with Gasteiger partial charge in [-0.2, -0.15) is 0 Å². The normalized spacial score (nSPS) is 17.0. The number of hydrogen-bond donors (Lipinski definition) is 2. The number of pyridine rings is 1. The molecule has 0 spiro atoms. The summed E-state index contributed by atoms with van der Waals surface area (Å²) in [7, 11) is 0. The van der Waals surface area contributed by atoms with E-state index >= 15 is 0 Å². The summed E-state index contributed by atoms with van der Waals surface area (Å²) >= 11 is 1.68. The number of nitrogens with zero attached hydrogens (tertiary/aromatic N) is 4. The van der Waals surface area contributed by atoms with E-state index in [1.807, 2.05) is 18.7 Å². The maximum absolute atomic E-state index is 13.9. The molecule has 0 radical (unpaired) electrons. The summed E-state index contributed by atoms with van der Waals surface area (Å²) in [5, 5.41) is 7.74. The van der Waals surface area contributed by atoms with Crippen molar-refractivity contribution >= 4 is 47.1 Å². The predicted octanol–water partition coefficient (Wildman–Crippen LogP) is 3.25. The van der Waals surface area contributed by atoms with Gasteiger partial charge in [-0.3, -0.25) is 0 Å². The number of halogens is 2. The van der Waals surface area contributed by atoms with Crippen LogP contribution in [0.2, 0.25) is 0 Å². The fourth-order valence-electron chi connectivity index (χ4n) is 2.95. The molecule has 1 saturated heterocycles. The van der Waals surface area contributed by atoms with Gasteiger partial charge in [-0.25, -0.2) is 19.4 Å². The highest BCUT2D eigenvalue weighted by Crippen LogP contribution is 2.21. The van der Waals surface area contributed by atoms with Gasteiger partial charge >= 0.3 is 0 Å². The van der Waals surface area contributed by atoms with Crippen LogP contribution in [0.3, 0.4) is 0 Å². The molecule has 1 fully saturated rings. The fraction of sp³-hybridized carbons (Fsp3) is 0.500. The Bertz CT molecular complexity index is 761. The van der Waals surface area contributed by atoms with Gasteiger partial charge in [0.05, 0.1) is 12.2 Å². The van der Waals surface area contributed by atoms with Crippen LogP contribution >= 0.6 is 35.3 Å². The van der Waals surface area contributed by atoms with Crippen molar-refractivity contribution < 1.29 is 4.39 Å².